The van der Waals surface area contributed by atoms with Crippen LogP contribution in [0.5, 0.6) is 5.75 Å². The number of hydrogen-bond donors (Lipinski definition) is 2. The number of methoxy groups -OCH3 is 1. The van der Waals surface area contributed by atoms with Gasteiger partial charge in [-0.3, -0.25) is 0 Å². The van der Waals surface area contributed by atoms with E-state index >= 15 is 0 Å². The van der Waals surface area contributed by atoms with E-state index < -0.39 is 11.8 Å². The van der Waals surface area contributed by atoms with Crippen molar-refractivity contribution in [2.45, 2.75) is 6.54 Å². The molecular formula is C15H14FNO3. The van der Waals surface area contributed by atoms with E-state index in [1.54, 1.807) is 18.2 Å². The first-order chi connectivity index (χ1) is 9.60. The van der Waals surface area contributed by atoms with Crippen molar-refractivity contribution in [2.75, 3.05) is 12.4 Å². The molecule has 0 radical (unpaired) electrons. The summed E-state index contributed by atoms with van der Waals surface area (Å²) >= 11 is 0. The molecule has 0 unspecified atom stereocenters. The first-order valence-electron chi connectivity index (χ1n) is 6.00. The second kappa shape index (κ2) is 6.06. The van der Waals surface area contributed by atoms with E-state index in [1.807, 2.05) is 6.07 Å². The summed E-state index contributed by atoms with van der Waals surface area (Å²) < 4.78 is 18.0. The third-order valence-electron chi connectivity index (χ3n) is 2.78. The highest BCUT2D eigenvalue weighted by Gasteiger charge is 2.12. The average Bonchev–Trinajstić information content (AvgIpc) is 2.45. The molecule has 4 nitrogen and oxygen atoms in total. The first kappa shape index (κ1) is 13.9. The van der Waals surface area contributed by atoms with Crippen molar-refractivity contribution >= 4 is 11.7 Å². The standard InChI is InChI=1S/C15H14FNO3/c1-20-15(19)13-8-11(5-6-14(13)16)17-9-10-3-2-4-12(18)7-10/h2-8,17-18H,9H2,1H3. The Kier molecular flexibility index (Phi) is 4.20. The Balaban J connectivity index is 2.12. The minimum Gasteiger partial charge on any atom is -0.508 e. The maximum Gasteiger partial charge on any atom is 0.340 e. The van der Waals surface area contributed by atoms with Crippen molar-refractivity contribution in [2.24, 2.45) is 0 Å². The van der Waals surface area contributed by atoms with Gasteiger partial charge in [0.15, 0.2) is 0 Å². The number of carbonyl (C=O) groups is 1. The van der Waals surface area contributed by atoms with Crippen LogP contribution in [0.2, 0.25) is 0 Å². The number of ether oxygens (including phenoxy) is 1. The zero-order valence-corrected chi connectivity index (χ0v) is 10.9. The van der Waals surface area contributed by atoms with E-state index in [-0.39, 0.29) is 11.3 Å². The molecule has 2 N–H and O–H groups in total. The van der Waals surface area contributed by atoms with Crippen LogP contribution in [0.25, 0.3) is 0 Å². The number of aromatic hydroxyl groups is 1. The first-order valence-corrected chi connectivity index (χ1v) is 6.00. The fourth-order valence-electron chi connectivity index (χ4n) is 1.77. The van der Waals surface area contributed by atoms with Crippen LogP contribution in [0.3, 0.4) is 0 Å². The van der Waals surface area contributed by atoms with Gasteiger partial charge in [-0.15, -0.1) is 0 Å². The molecule has 0 heterocycles. The number of nitrogens with one attached hydrogen (secondary N) is 1. The largest absolute Gasteiger partial charge is 0.508 e. The number of halogens is 1. The van der Waals surface area contributed by atoms with Gasteiger partial charge in [0, 0.05) is 12.2 Å². The predicted molar refractivity (Wildman–Crippen MR) is 73.2 cm³/mol. The number of anilines is 1. The van der Waals surface area contributed by atoms with Crippen LogP contribution < -0.4 is 5.32 Å². The van der Waals surface area contributed by atoms with Crippen LogP contribution in [0.15, 0.2) is 42.5 Å². The molecule has 0 bridgehead atoms. The maximum atomic E-state index is 13.5. The fourth-order valence-corrected chi connectivity index (χ4v) is 1.77. The lowest BCUT2D eigenvalue weighted by Crippen LogP contribution is -2.06. The molecule has 0 fully saturated rings. The van der Waals surface area contributed by atoms with Crippen molar-refractivity contribution in [3.05, 3.63) is 59.4 Å². The summed E-state index contributed by atoms with van der Waals surface area (Å²) in [5.74, 6) is -1.16. The zero-order valence-electron chi connectivity index (χ0n) is 10.9. The summed E-state index contributed by atoms with van der Waals surface area (Å²) in [6, 6.07) is 10.9. The highest BCUT2D eigenvalue weighted by atomic mass is 19.1. The lowest BCUT2D eigenvalue weighted by Gasteiger charge is -2.09. The Morgan fingerprint density at radius 1 is 1.30 bits per heavy atom. The number of rotatable bonds is 4. The normalized spacial score (nSPS) is 10.1. The smallest absolute Gasteiger partial charge is 0.340 e. The second-order valence-electron chi connectivity index (χ2n) is 4.21. The SMILES string of the molecule is COC(=O)c1cc(NCc2cccc(O)c2)ccc1F. The number of hydrogen-bond acceptors (Lipinski definition) is 4. The van der Waals surface area contributed by atoms with Gasteiger partial charge in [-0.2, -0.15) is 0 Å². The van der Waals surface area contributed by atoms with Gasteiger partial charge in [0.25, 0.3) is 0 Å². The van der Waals surface area contributed by atoms with Gasteiger partial charge in [0.2, 0.25) is 0 Å². The summed E-state index contributed by atoms with van der Waals surface area (Å²) in [6.45, 7) is 0.445. The van der Waals surface area contributed by atoms with E-state index in [0.717, 1.165) is 5.56 Å². The molecule has 2 aromatic rings. The number of benzene rings is 2. The van der Waals surface area contributed by atoms with Crippen molar-refractivity contribution in [3.63, 3.8) is 0 Å². The zero-order chi connectivity index (χ0) is 14.5. The molecule has 20 heavy (non-hydrogen) atoms. The van der Waals surface area contributed by atoms with Gasteiger partial charge in [-0.05, 0) is 35.9 Å². The van der Waals surface area contributed by atoms with Crippen molar-refractivity contribution in [1.82, 2.24) is 0 Å². The molecule has 0 atom stereocenters. The third-order valence-corrected chi connectivity index (χ3v) is 2.78. The Morgan fingerprint density at radius 3 is 2.80 bits per heavy atom. The predicted octanol–water partition coefficient (Wildman–Crippen LogP) is 2.93. The molecule has 0 saturated carbocycles. The van der Waals surface area contributed by atoms with Gasteiger partial charge >= 0.3 is 5.97 Å². The molecule has 0 spiro atoms. The summed E-state index contributed by atoms with van der Waals surface area (Å²) in [7, 11) is 1.20. The number of phenols is 1. The highest BCUT2D eigenvalue weighted by molar-refractivity contribution is 5.90. The molecule has 2 aromatic carbocycles. The average molecular weight is 275 g/mol. The number of phenolic OH excluding ortho intramolecular Hbond substituents is 1. The molecule has 104 valence electrons. The minimum absolute atomic E-state index is 0.117. The molecule has 5 heteroatoms. The highest BCUT2D eigenvalue weighted by Crippen LogP contribution is 2.17. The fraction of sp³-hybridized carbons (Fsp3) is 0.133. The van der Waals surface area contributed by atoms with Gasteiger partial charge in [0.05, 0.1) is 12.7 Å². The Bertz CT molecular complexity index is 628. The lowest BCUT2D eigenvalue weighted by molar-refractivity contribution is 0.0595. The maximum absolute atomic E-state index is 13.5. The summed E-state index contributed by atoms with van der Waals surface area (Å²) in [5.41, 5.74) is 1.34. The van der Waals surface area contributed by atoms with Gasteiger partial charge in [-0.1, -0.05) is 12.1 Å². The van der Waals surface area contributed by atoms with Gasteiger partial charge < -0.3 is 15.2 Å². The number of esters is 1. The molecule has 0 saturated heterocycles. The Labute approximate surface area is 115 Å². The topological polar surface area (TPSA) is 58.6 Å². The lowest BCUT2D eigenvalue weighted by atomic mass is 10.1. The Hall–Kier alpha value is -2.56. The number of carbonyl (C=O) groups excluding carboxylic acids is 1. The molecule has 0 aliphatic heterocycles. The van der Waals surface area contributed by atoms with Crippen molar-refractivity contribution in [1.29, 1.82) is 0 Å². The molecule has 0 aromatic heterocycles. The molecular weight excluding hydrogens is 261 g/mol. The van der Waals surface area contributed by atoms with E-state index in [1.165, 1.54) is 25.3 Å². The monoisotopic (exact) mass is 275 g/mol. The van der Waals surface area contributed by atoms with E-state index in [2.05, 4.69) is 10.1 Å². The molecule has 0 aliphatic rings. The molecule has 2 rings (SSSR count). The summed E-state index contributed by atoms with van der Waals surface area (Å²) in [6.07, 6.45) is 0. The van der Waals surface area contributed by atoms with Crippen LogP contribution in [0, 0.1) is 5.82 Å². The van der Waals surface area contributed by atoms with E-state index in [9.17, 15) is 14.3 Å². The van der Waals surface area contributed by atoms with E-state index in [0.29, 0.717) is 12.2 Å². The summed E-state index contributed by atoms with van der Waals surface area (Å²) in [4.78, 5) is 11.4. The third kappa shape index (κ3) is 3.26. The minimum atomic E-state index is -0.719. The van der Waals surface area contributed by atoms with Crippen LogP contribution in [0.1, 0.15) is 15.9 Å². The van der Waals surface area contributed by atoms with Gasteiger partial charge in [-0.25, -0.2) is 9.18 Å². The quantitative estimate of drug-likeness (QED) is 0.842. The van der Waals surface area contributed by atoms with Crippen LogP contribution in [-0.2, 0) is 11.3 Å². The molecule has 0 amide bonds. The van der Waals surface area contributed by atoms with E-state index in [4.69, 9.17) is 0 Å². The van der Waals surface area contributed by atoms with Crippen LogP contribution in [-0.4, -0.2) is 18.2 Å². The second-order valence-corrected chi connectivity index (χ2v) is 4.21. The summed E-state index contributed by atoms with van der Waals surface area (Å²) in [5, 5.41) is 12.4. The van der Waals surface area contributed by atoms with Crippen LogP contribution in [0.4, 0.5) is 10.1 Å². The van der Waals surface area contributed by atoms with Crippen LogP contribution >= 0.6 is 0 Å². The van der Waals surface area contributed by atoms with Crippen molar-refractivity contribution < 1.29 is 19.0 Å². The van der Waals surface area contributed by atoms with Crippen molar-refractivity contribution in [3.8, 4) is 5.75 Å². The van der Waals surface area contributed by atoms with Gasteiger partial charge in [0.1, 0.15) is 11.6 Å². The Morgan fingerprint density at radius 2 is 2.10 bits per heavy atom. The molecule has 0 aliphatic carbocycles.